The summed E-state index contributed by atoms with van der Waals surface area (Å²) in [5, 5.41) is 3.16. The van der Waals surface area contributed by atoms with Gasteiger partial charge in [0.1, 0.15) is 17.0 Å². The number of aromatic nitrogens is 2. The van der Waals surface area contributed by atoms with E-state index in [4.69, 9.17) is 5.73 Å². The van der Waals surface area contributed by atoms with E-state index in [2.05, 4.69) is 24.1 Å². The summed E-state index contributed by atoms with van der Waals surface area (Å²) in [5.74, 6) is 1.91. The van der Waals surface area contributed by atoms with Crippen LogP contribution in [0.25, 0.3) is 5.65 Å². The quantitative estimate of drug-likeness (QED) is 0.791. The van der Waals surface area contributed by atoms with Crippen molar-refractivity contribution in [1.29, 1.82) is 0 Å². The van der Waals surface area contributed by atoms with Crippen LogP contribution >= 0.6 is 0 Å². The maximum absolute atomic E-state index is 13.0. The lowest BCUT2D eigenvalue weighted by molar-refractivity contribution is -0.103. The van der Waals surface area contributed by atoms with Crippen molar-refractivity contribution in [2.45, 2.75) is 52.0 Å². The molecule has 3 N–H and O–H groups in total. The van der Waals surface area contributed by atoms with E-state index in [9.17, 15) is 9.59 Å². The number of hydrogen-bond donors (Lipinski definition) is 2. The number of nitrogens with one attached hydrogen (secondary N) is 1. The van der Waals surface area contributed by atoms with Gasteiger partial charge in [-0.25, -0.2) is 4.98 Å². The maximum atomic E-state index is 13.0. The fourth-order valence-corrected chi connectivity index (χ4v) is 6.08. The van der Waals surface area contributed by atoms with Gasteiger partial charge in [-0.15, -0.1) is 0 Å². The Labute approximate surface area is 183 Å². The second kappa shape index (κ2) is 7.62. The lowest BCUT2D eigenvalue weighted by Crippen LogP contribution is -2.54. The first-order chi connectivity index (χ1) is 14.8. The van der Waals surface area contributed by atoms with Crippen molar-refractivity contribution in [2.24, 2.45) is 28.9 Å². The van der Waals surface area contributed by atoms with Gasteiger partial charge in [0.2, 0.25) is 0 Å². The molecule has 0 unspecified atom stereocenters. The Kier molecular flexibility index (Phi) is 5.04. The Hall–Kier alpha value is -2.41. The third kappa shape index (κ3) is 3.53. The molecule has 0 spiro atoms. The van der Waals surface area contributed by atoms with E-state index in [-0.39, 0.29) is 17.9 Å². The molecule has 166 valence electrons. The Morgan fingerprint density at radius 3 is 2.68 bits per heavy atom. The molecule has 0 aromatic carbocycles. The fraction of sp³-hybridized carbons (Fsp3) is 0.625. The lowest BCUT2D eigenvalue weighted by Gasteiger charge is -2.60. The summed E-state index contributed by atoms with van der Waals surface area (Å²) in [6, 6.07) is 5.62. The molecule has 7 nitrogen and oxygen atoms in total. The van der Waals surface area contributed by atoms with Gasteiger partial charge in [-0.05, 0) is 67.4 Å². The Bertz CT molecular complexity index is 1000. The van der Waals surface area contributed by atoms with Crippen molar-refractivity contribution >= 4 is 17.5 Å². The van der Waals surface area contributed by atoms with E-state index >= 15 is 0 Å². The number of rotatable bonds is 4. The molecule has 2 bridgehead atoms. The molecule has 4 aliphatic rings. The third-order valence-corrected chi connectivity index (χ3v) is 8.30. The molecule has 1 aliphatic heterocycles. The van der Waals surface area contributed by atoms with Gasteiger partial charge in [0.15, 0.2) is 0 Å². The van der Waals surface area contributed by atoms with Crippen LogP contribution in [0.5, 0.6) is 0 Å². The third-order valence-electron chi connectivity index (χ3n) is 8.30. The molecule has 2 amide bonds. The van der Waals surface area contributed by atoms with Crippen molar-refractivity contribution < 1.29 is 9.59 Å². The van der Waals surface area contributed by atoms with E-state index in [1.807, 2.05) is 17.0 Å². The van der Waals surface area contributed by atoms with Crippen LogP contribution in [0.1, 0.15) is 66.9 Å². The summed E-state index contributed by atoms with van der Waals surface area (Å²) in [5.41, 5.74) is 7.88. The molecule has 3 atom stereocenters. The van der Waals surface area contributed by atoms with Gasteiger partial charge < -0.3 is 16.0 Å². The molecule has 0 radical (unpaired) electrons. The average Bonchev–Trinajstić information content (AvgIpc) is 3.22. The first-order valence-electron chi connectivity index (χ1n) is 11.7. The zero-order chi connectivity index (χ0) is 21.8. The summed E-state index contributed by atoms with van der Waals surface area (Å²) in [6.07, 6.45) is 7.10. The van der Waals surface area contributed by atoms with Crippen molar-refractivity contribution in [1.82, 2.24) is 19.6 Å². The zero-order valence-electron chi connectivity index (χ0n) is 18.5. The number of fused-ring (bicyclic) bond motifs is 3. The van der Waals surface area contributed by atoms with Gasteiger partial charge in [-0.3, -0.25) is 14.0 Å². The van der Waals surface area contributed by atoms with Gasteiger partial charge in [0.25, 0.3) is 11.8 Å². The molecule has 2 aromatic heterocycles. The van der Waals surface area contributed by atoms with Gasteiger partial charge in [-0.1, -0.05) is 19.9 Å². The lowest BCUT2D eigenvalue weighted by atomic mass is 9.45. The zero-order valence-corrected chi connectivity index (χ0v) is 18.5. The maximum Gasteiger partial charge on any atom is 0.274 e. The molecule has 1 saturated heterocycles. The van der Waals surface area contributed by atoms with Crippen LogP contribution in [-0.4, -0.2) is 51.8 Å². The van der Waals surface area contributed by atoms with Gasteiger partial charge in [-0.2, -0.15) is 0 Å². The minimum absolute atomic E-state index is 0.0917. The van der Waals surface area contributed by atoms with Crippen molar-refractivity contribution in [3.8, 4) is 0 Å². The highest BCUT2D eigenvalue weighted by Crippen LogP contribution is 2.61. The van der Waals surface area contributed by atoms with E-state index < -0.39 is 0 Å². The Morgan fingerprint density at radius 1 is 1.19 bits per heavy atom. The topological polar surface area (TPSA) is 92.7 Å². The molecule has 4 fully saturated rings. The summed E-state index contributed by atoms with van der Waals surface area (Å²) >= 11 is 0. The monoisotopic (exact) mass is 423 g/mol. The number of piperidine rings is 1. The highest BCUT2D eigenvalue weighted by atomic mass is 16.2. The predicted molar refractivity (Wildman–Crippen MR) is 119 cm³/mol. The average molecular weight is 424 g/mol. The summed E-state index contributed by atoms with van der Waals surface area (Å²) in [4.78, 5) is 32.2. The normalized spacial score (nSPS) is 27.7. The number of carbonyl (C=O) groups excluding carboxylic acids is 2. The largest absolute Gasteiger partial charge is 0.350 e. The number of imidazole rings is 1. The van der Waals surface area contributed by atoms with E-state index in [0.717, 1.165) is 18.8 Å². The van der Waals surface area contributed by atoms with Gasteiger partial charge in [0, 0.05) is 31.9 Å². The Morgan fingerprint density at radius 2 is 1.97 bits per heavy atom. The number of pyridine rings is 1. The number of amides is 2. The number of nitrogens with zero attached hydrogens (tertiary/aromatic N) is 3. The van der Waals surface area contributed by atoms with Crippen LogP contribution in [0, 0.1) is 23.2 Å². The smallest absolute Gasteiger partial charge is 0.274 e. The molecule has 3 heterocycles. The van der Waals surface area contributed by atoms with Crippen LogP contribution in [-0.2, 0) is 0 Å². The summed E-state index contributed by atoms with van der Waals surface area (Å²) in [7, 11) is 0. The summed E-state index contributed by atoms with van der Waals surface area (Å²) in [6.45, 7) is 6.77. The molecule has 7 heteroatoms. The van der Waals surface area contributed by atoms with Crippen molar-refractivity contribution in [2.75, 3.05) is 19.6 Å². The van der Waals surface area contributed by atoms with Crippen LogP contribution < -0.4 is 11.1 Å². The van der Waals surface area contributed by atoms with Crippen LogP contribution in [0.15, 0.2) is 24.4 Å². The first-order valence-corrected chi connectivity index (χ1v) is 11.7. The second-order valence-corrected chi connectivity index (χ2v) is 10.3. The van der Waals surface area contributed by atoms with E-state index in [0.29, 0.717) is 53.9 Å². The molecular weight excluding hydrogens is 390 g/mol. The molecular formula is C24H33N5O2. The highest BCUT2D eigenvalue weighted by molar-refractivity contribution is 5.95. The number of likely N-dealkylation sites (tertiary alicyclic amines) is 1. The van der Waals surface area contributed by atoms with Gasteiger partial charge in [0.05, 0.1) is 0 Å². The molecule has 31 heavy (non-hydrogen) atoms. The molecule has 3 aliphatic carbocycles. The number of hydrogen-bond acceptors (Lipinski definition) is 4. The SMILES string of the molecule is CC1(C)[C@H]2CC[C@@H](CNC(=O)c3cccc4nc(C(=O)N5CCC(N)CC5)cn34)[C@H]1C2. The molecule has 6 rings (SSSR count). The molecule has 2 aromatic rings. The van der Waals surface area contributed by atoms with Crippen LogP contribution in [0.3, 0.4) is 0 Å². The first kappa shape index (κ1) is 20.5. The van der Waals surface area contributed by atoms with Crippen LogP contribution in [0.2, 0.25) is 0 Å². The standard InChI is InChI=1S/C24H33N5O2/c1-24(2)16-7-6-15(18(24)12-16)13-26-22(30)20-4-3-5-21-27-19(14-29(20)21)23(31)28-10-8-17(25)9-11-28/h3-5,14-18H,6-13,25H2,1-2H3,(H,26,30)/t15-,16-,18+/m0/s1. The second-order valence-electron chi connectivity index (χ2n) is 10.3. The van der Waals surface area contributed by atoms with Crippen molar-refractivity contribution in [3.63, 3.8) is 0 Å². The number of nitrogens with two attached hydrogens (primary N) is 1. The minimum Gasteiger partial charge on any atom is -0.350 e. The van der Waals surface area contributed by atoms with Crippen molar-refractivity contribution in [3.05, 3.63) is 35.8 Å². The Balaban J connectivity index is 1.29. The van der Waals surface area contributed by atoms with Crippen LogP contribution in [0.4, 0.5) is 0 Å². The van der Waals surface area contributed by atoms with E-state index in [1.165, 1.54) is 19.3 Å². The van der Waals surface area contributed by atoms with Gasteiger partial charge >= 0.3 is 0 Å². The minimum atomic E-state index is -0.106. The predicted octanol–water partition coefficient (Wildman–Crippen LogP) is 2.70. The molecule has 3 saturated carbocycles. The number of carbonyl (C=O) groups is 2. The summed E-state index contributed by atoms with van der Waals surface area (Å²) < 4.78 is 1.74. The van der Waals surface area contributed by atoms with E-state index in [1.54, 1.807) is 16.7 Å². The fourth-order valence-electron chi connectivity index (χ4n) is 6.08. The highest BCUT2D eigenvalue weighted by Gasteiger charge is 2.53.